The second-order valence-corrected chi connectivity index (χ2v) is 4.28. The van der Waals surface area contributed by atoms with E-state index in [1.54, 1.807) is 0 Å². The van der Waals surface area contributed by atoms with Gasteiger partial charge in [0.25, 0.3) is 0 Å². The zero-order valence-electron chi connectivity index (χ0n) is 7.36. The standard InChI is InChI=1S/C8H13N3OS/c12-8(2-1-3-8)4-5-9-7-10-6-11-13-7/h6,12H,1-5H2,(H,9,10,11). The van der Waals surface area contributed by atoms with E-state index >= 15 is 0 Å². The Morgan fingerprint density at radius 1 is 1.62 bits per heavy atom. The number of hydrogen-bond acceptors (Lipinski definition) is 5. The molecule has 1 aromatic rings. The van der Waals surface area contributed by atoms with E-state index in [1.165, 1.54) is 17.9 Å². The molecule has 0 spiro atoms. The fraction of sp³-hybridized carbons (Fsp3) is 0.750. The molecule has 1 fully saturated rings. The molecule has 2 rings (SSSR count). The smallest absolute Gasteiger partial charge is 0.202 e. The Balaban J connectivity index is 1.69. The van der Waals surface area contributed by atoms with Gasteiger partial charge in [-0.2, -0.15) is 4.37 Å². The molecule has 0 unspecified atom stereocenters. The largest absolute Gasteiger partial charge is 0.390 e. The summed E-state index contributed by atoms with van der Waals surface area (Å²) in [4.78, 5) is 3.99. The first-order chi connectivity index (χ1) is 6.29. The minimum Gasteiger partial charge on any atom is -0.390 e. The fourth-order valence-corrected chi connectivity index (χ4v) is 1.94. The van der Waals surface area contributed by atoms with Crippen molar-refractivity contribution in [2.45, 2.75) is 31.3 Å². The van der Waals surface area contributed by atoms with Gasteiger partial charge in [0.05, 0.1) is 5.60 Å². The van der Waals surface area contributed by atoms with Crippen LogP contribution in [0.2, 0.25) is 0 Å². The molecule has 5 heteroatoms. The van der Waals surface area contributed by atoms with Crippen LogP contribution in [0.4, 0.5) is 5.13 Å². The topological polar surface area (TPSA) is 58.0 Å². The monoisotopic (exact) mass is 199 g/mol. The van der Waals surface area contributed by atoms with Crippen molar-refractivity contribution >= 4 is 16.7 Å². The summed E-state index contributed by atoms with van der Waals surface area (Å²) < 4.78 is 3.88. The quantitative estimate of drug-likeness (QED) is 0.766. The minimum absolute atomic E-state index is 0.391. The zero-order chi connectivity index (χ0) is 9.15. The summed E-state index contributed by atoms with van der Waals surface area (Å²) in [5.41, 5.74) is -0.391. The Labute approximate surface area is 81.2 Å². The highest BCUT2D eigenvalue weighted by molar-refractivity contribution is 7.09. The van der Waals surface area contributed by atoms with E-state index in [-0.39, 0.29) is 0 Å². The number of nitrogens with zero attached hydrogens (tertiary/aromatic N) is 2. The molecule has 2 N–H and O–H groups in total. The SMILES string of the molecule is OC1(CCNc2ncns2)CCC1. The Hall–Kier alpha value is -0.680. The van der Waals surface area contributed by atoms with Gasteiger partial charge in [0.15, 0.2) is 0 Å². The van der Waals surface area contributed by atoms with Crippen molar-refractivity contribution < 1.29 is 5.11 Å². The average molecular weight is 199 g/mol. The van der Waals surface area contributed by atoms with Gasteiger partial charge in [0.2, 0.25) is 5.13 Å². The Kier molecular flexibility index (Phi) is 2.46. The molecule has 0 radical (unpaired) electrons. The van der Waals surface area contributed by atoms with Crippen LogP contribution in [0.15, 0.2) is 6.33 Å². The Bertz CT molecular complexity index is 258. The summed E-state index contributed by atoms with van der Waals surface area (Å²) in [5.74, 6) is 0. The van der Waals surface area contributed by atoms with Gasteiger partial charge in [-0.05, 0) is 25.7 Å². The molecular weight excluding hydrogens is 186 g/mol. The maximum atomic E-state index is 9.77. The lowest BCUT2D eigenvalue weighted by atomic mass is 9.78. The summed E-state index contributed by atoms with van der Waals surface area (Å²) in [6.07, 6.45) is 5.41. The molecule has 4 nitrogen and oxygen atoms in total. The third kappa shape index (κ3) is 2.16. The van der Waals surface area contributed by atoms with Crippen LogP contribution in [-0.2, 0) is 0 Å². The lowest BCUT2D eigenvalue weighted by Gasteiger charge is -2.36. The molecule has 0 amide bonds. The van der Waals surface area contributed by atoms with Gasteiger partial charge >= 0.3 is 0 Å². The van der Waals surface area contributed by atoms with E-state index < -0.39 is 5.60 Å². The van der Waals surface area contributed by atoms with Gasteiger partial charge in [-0.1, -0.05) is 0 Å². The summed E-state index contributed by atoms with van der Waals surface area (Å²) in [6.45, 7) is 0.783. The third-order valence-corrected chi connectivity index (χ3v) is 3.13. The van der Waals surface area contributed by atoms with Crippen molar-refractivity contribution in [3.63, 3.8) is 0 Å². The zero-order valence-corrected chi connectivity index (χ0v) is 8.18. The predicted molar refractivity (Wildman–Crippen MR) is 51.8 cm³/mol. The molecule has 1 aromatic heterocycles. The van der Waals surface area contributed by atoms with Crippen LogP contribution >= 0.6 is 11.5 Å². The van der Waals surface area contributed by atoms with Crippen LogP contribution in [0.3, 0.4) is 0 Å². The fourth-order valence-electron chi connectivity index (χ4n) is 1.49. The summed E-state index contributed by atoms with van der Waals surface area (Å²) >= 11 is 1.35. The molecule has 0 atom stereocenters. The molecule has 13 heavy (non-hydrogen) atoms. The van der Waals surface area contributed by atoms with Crippen molar-refractivity contribution in [1.29, 1.82) is 0 Å². The maximum absolute atomic E-state index is 9.77. The molecule has 72 valence electrons. The highest BCUT2D eigenvalue weighted by atomic mass is 32.1. The van der Waals surface area contributed by atoms with Crippen molar-refractivity contribution in [2.75, 3.05) is 11.9 Å². The lowest BCUT2D eigenvalue weighted by Crippen LogP contribution is -2.38. The van der Waals surface area contributed by atoms with Crippen molar-refractivity contribution in [2.24, 2.45) is 0 Å². The van der Waals surface area contributed by atoms with Crippen LogP contribution in [-0.4, -0.2) is 26.6 Å². The van der Waals surface area contributed by atoms with Gasteiger partial charge in [-0.3, -0.25) is 0 Å². The minimum atomic E-state index is -0.391. The number of nitrogens with one attached hydrogen (secondary N) is 1. The van der Waals surface area contributed by atoms with Crippen LogP contribution in [0.25, 0.3) is 0 Å². The van der Waals surface area contributed by atoms with Crippen LogP contribution in [0, 0.1) is 0 Å². The van der Waals surface area contributed by atoms with E-state index in [9.17, 15) is 5.11 Å². The molecule has 0 aliphatic heterocycles. The Morgan fingerprint density at radius 2 is 2.46 bits per heavy atom. The molecular formula is C8H13N3OS. The molecule has 1 saturated carbocycles. The number of anilines is 1. The molecule has 1 heterocycles. The van der Waals surface area contributed by atoms with Crippen LogP contribution in [0.5, 0.6) is 0 Å². The first-order valence-corrected chi connectivity index (χ1v) is 5.29. The summed E-state index contributed by atoms with van der Waals surface area (Å²) in [6, 6.07) is 0. The van der Waals surface area contributed by atoms with E-state index in [1.807, 2.05) is 0 Å². The van der Waals surface area contributed by atoms with Crippen molar-refractivity contribution in [1.82, 2.24) is 9.36 Å². The van der Waals surface area contributed by atoms with Crippen LogP contribution in [0.1, 0.15) is 25.7 Å². The summed E-state index contributed by atoms with van der Waals surface area (Å²) in [5, 5.41) is 13.7. The third-order valence-electron chi connectivity index (χ3n) is 2.51. The maximum Gasteiger partial charge on any atom is 0.202 e. The first kappa shape index (κ1) is 8.90. The van der Waals surface area contributed by atoms with Gasteiger partial charge in [-0.25, -0.2) is 4.98 Å². The van der Waals surface area contributed by atoms with Gasteiger partial charge < -0.3 is 10.4 Å². The molecule has 0 bridgehead atoms. The second kappa shape index (κ2) is 3.59. The predicted octanol–water partition coefficient (Wildman–Crippen LogP) is 1.26. The normalized spacial score (nSPS) is 19.5. The average Bonchev–Trinajstić information content (AvgIpc) is 2.54. The highest BCUT2D eigenvalue weighted by Crippen LogP contribution is 2.34. The number of hydrogen-bond donors (Lipinski definition) is 2. The summed E-state index contributed by atoms with van der Waals surface area (Å²) in [7, 11) is 0. The van der Waals surface area contributed by atoms with Crippen molar-refractivity contribution in [3.05, 3.63) is 6.33 Å². The number of aromatic nitrogens is 2. The van der Waals surface area contributed by atoms with Crippen LogP contribution < -0.4 is 5.32 Å². The molecule has 1 aliphatic rings. The van der Waals surface area contributed by atoms with E-state index in [4.69, 9.17) is 0 Å². The Morgan fingerprint density at radius 3 is 3.00 bits per heavy atom. The number of rotatable bonds is 4. The van der Waals surface area contributed by atoms with Gasteiger partial charge in [0.1, 0.15) is 6.33 Å². The van der Waals surface area contributed by atoms with E-state index in [0.29, 0.717) is 0 Å². The van der Waals surface area contributed by atoms with Gasteiger partial charge in [-0.15, -0.1) is 0 Å². The second-order valence-electron chi connectivity index (χ2n) is 3.50. The first-order valence-electron chi connectivity index (χ1n) is 4.51. The highest BCUT2D eigenvalue weighted by Gasteiger charge is 2.33. The molecule has 0 aromatic carbocycles. The number of aliphatic hydroxyl groups is 1. The lowest BCUT2D eigenvalue weighted by molar-refractivity contribution is -0.0370. The van der Waals surface area contributed by atoms with E-state index in [0.717, 1.165) is 37.4 Å². The van der Waals surface area contributed by atoms with Crippen molar-refractivity contribution in [3.8, 4) is 0 Å². The molecule has 1 aliphatic carbocycles. The van der Waals surface area contributed by atoms with E-state index in [2.05, 4.69) is 14.7 Å². The van der Waals surface area contributed by atoms with Gasteiger partial charge in [0, 0.05) is 18.1 Å². The molecule has 0 saturated heterocycles.